The van der Waals surface area contributed by atoms with E-state index in [0.29, 0.717) is 11.1 Å². The topological polar surface area (TPSA) is 99.4 Å². The molecule has 0 spiro atoms. The van der Waals surface area contributed by atoms with Crippen molar-refractivity contribution in [1.82, 2.24) is 4.98 Å². The predicted molar refractivity (Wildman–Crippen MR) is 69.5 cm³/mol. The number of primary amides is 1. The van der Waals surface area contributed by atoms with Crippen molar-refractivity contribution in [3.63, 3.8) is 0 Å². The second-order valence-corrected chi connectivity index (χ2v) is 6.19. The zero-order chi connectivity index (χ0) is 14.0. The summed E-state index contributed by atoms with van der Waals surface area (Å²) in [7, 11) is 1.42. The molecule has 2 rings (SSSR count). The Morgan fingerprint density at radius 3 is 2.74 bits per heavy atom. The van der Waals surface area contributed by atoms with Crippen LogP contribution >= 0.6 is 10.7 Å². The monoisotopic (exact) mass is 300 g/mol. The van der Waals surface area contributed by atoms with Gasteiger partial charge in [0.05, 0.1) is 5.52 Å². The Morgan fingerprint density at radius 2 is 2.11 bits per heavy atom. The molecule has 2 N–H and O–H groups in total. The van der Waals surface area contributed by atoms with Crippen molar-refractivity contribution in [2.45, 2.75) is 4.90 Å². The zero-order valence-corrected chi connectivity index (χ0v) is 11.1. The normalized spacial score (nSPS) is 11.4. The molecule has 0 unspecified atom stereocenters. The Hall–Kier alpha value is -1.86. The van der Waals surface area contributed by atoms with Crippen molar-refractivity contribution in [2.75, 3.05) is 6.61 Å². The highest BCUT2D eigenvalue weighted by Crippen LogP contribution is 2.30. The first-order valence-corrected chi connectivity index (χ1v) is 7.44. The van der Waals surface area contributed by atoms with Crippen LogP contribution in [0.5, 0.6) is 5.75 Å². The third kappa shape index (κ3) is 2.94. The lowest BCUT2D eigenvalue weighted by molar-refractivity contribution is -0.119. The molecule has 1 heterocycles. The lowest BCUT2D eigenvalue weighted by atomic mass is 10.2. The molecule has 0 atom stereocenters. The van der Waals surface area contributed by atoms with E-state index in [-0.39, 0.29) is 17.0 Å². The van der Waals surface area contributed by atoms with Crippen LogP contribution in [0.1, 0.15) is 0 Å². The molecule has 0 saturated carbocycles. The van der Waals surface area contributed by atoms with Gasteiger partial charge in [-0.05, 0) is 24.3 Å². The molecule has 1 amide bonds. The summed E-state index contributed by atoms with van der Waals surface area (Å²) in [5.74, 6) is -0.322. The van der Waals surface area contributed by atoms with E-state index in [1.807, 2.05) is 0 Å². The molecule has 1 aromatic carbocycles. The van der Waals surface area contributed by atoms with E-state index in [9.17, 15) is 13.2 Å². The first-order valence-electron chi connectivity index (χ1n) is 5.13. The zero-order valence-electron chi connectivity index (χ0n) is 9.54. The summed E-state index contributed by atoms with van der Waals surface area (Å²) >= 11 is 0. The Labute approximate surface area is 113 Å². The highest BCUT2D eigenvalue weighted by atomic mass is 35.7. The number of carbonyl (C=O) groups is 1. The lowest BCUT2D eigenvalue weighted by Gasteiger charge is -2.09. The molecule has 0 aliphatic carbocycles. The van der Waals surface area contributed by atoms with Gasteiger partial charge >= 0.3 is 0 Å². The molecule has 8 heteroatoms. The number of ether oxygens (including phenoxy) is 1. The number of fused-ring (bicyclic) bond motifs is 1. The minimum absolute atomic E-state index is 0.115. The molecule has 0 radical (unpaired) electrons. The molecular formula is C11H9ClN2O4S. The van der Waals surface area contributed by atoms with Gasteiger partial charge in [0, 0.05) is 22.3 Å². The van der Waals surface area contributed by atoms with Gasteiger partial charge < -0.3 is 10.5 Å². The summed E-state index contributed by atoms with van der Waals surface area (Å²) in [5.41, 5.74) is 5.17. The maximum absolute atomic E-state index is 11.4. The van der Waals surface area contributed by atoms with E-state index < -0.39 is 15.0 Å². The van der Waals surface area contributed by atoms with Gasteiger partial charge in [-0.3, -0.25) is 9.78 Å². The van der Waals surface area contributed by atoms with Crippen LogP contribution in [0, 0.1) is 0 Å². The number of benzene rings is 1. The highest BCUT2D eigenvalue weighted by Gasteiger charge is 2.17. The first-order chi connectivity index (χ1) is 8.89. The molecule has 0 saturated heterocycles. The summed E-state index contributed by atoms with van der Waals surface area (Å²) in [4.78, 5) is 14.6. The maximum Gasteiger partial charge on any atom is 0.263 e. The molecule has 6 nitrogen and oxygen atoms in total. The summed E-state index contributed by atoms with van der Waals surface area (Å²) < 4.78 is 28.1. The molecule has 2 aromatic rings. The number of aromatic nitrogens is 1. The van der Waals surface area contributed by atoms with Crippen LogP contribution in [0.2, 0.25) is 0 Å². The van der Waals surface area contributed by atoms with Gasteiger partial charge in [-0.25, -0.2) is 8.42 Å². The number of halogens is 1. The van der Waals surface area contributed by atoms with Crippen LogP contribution < -0.4 is 10.5 Å². The van der Waals surface area contributed by atoms with Crippen LogP contribution in [-0.4, -0.2) is 25.9 Å². The minimum atomic E-state index is -3.91. The molecule has 0 bridgehead atoms. The lowest BCUT2D eigenvalue weighted by Crippen LogP contribution is -2.20. The average Bonchev–Trinajstić information content (AvgIpc) is 2.34. The molecule has 0 aliphatic heterocycles. The van der Waals surface area contributed by atoms with Gasteiger partial charge in [-0.15, -0.1) is 0 Å². The molecule has 19 heavy (non-hydrogen) atoms. The van der Waals surface area contributed by atoms with E-state index in [2.05, 4.69) is 4.98 Å². The third-order valence-electron chi connectivity index (χ3n) is 2.33. The molecule has 0 aliphatic rings. The Balaban J connectivity index is 2.62. The fourth-order valence-corrected chi connectivity index (χ4v) is 2.59. The Kier molecular flexibility index (Phi) is 3.59. The number of rotatable bonds is 4. The third-order valence-corrected chi connectivity index (χ3v) is 3.68. The van der Waals surface area contributed by atoms with Crippen molar-refractivity contribution < 1.29 is 17.9 Å². The average molecular weight is 301 g/mol. The Morgan fingerprint density at radius 1 is 1.37 bits per heavy atom. The fraction of sp³-hybridized carbons (Fsp3) is 0.0909. The van der Waals surface area contributed by atoms with Crippen LogP contribution in [0.25, 0.3) is 10.9 Å². The summed E-state index contributed by atoms with van der Waals surface area (Å²) in [6, 6.07) is 5.91. The fourth-order valence-electron chi connectivity index (χ4n) is 1.59. The minimum Gasteiger partial charge on any atom is -0.483 e. The van der Waals surface area contributed by atoms with Gasteiger partial charge in [0.15, 0.2) is 6.61 Å². The number of carbonyl (C=O) groups excluding carboxylic acids is 1. The van der Waals surface area contributed by atoms with Gasteiger partial charge in [0.2, 0.25) is 0 Å². The first kappa shape index (κ1) is 13.6. The molecule has 0 fully saturated rings. The van der Waals surface area contributed by atoms with E-state index >= 15 is 0 Å². The van der Waals surface area contributed by atoms with Gasteiger partial charge in [-0.1, -0.05) is 0 Å². The molecular weight excluding hydrogens is 292 g/mol. The van der Waals surface area contributed by atoms with E-state index in [4.69, 9.17) is 21.2 Å². The van der Waals surface area contributed by atoms with Crippen molar-refractivity contribution in [1.29, 1.82) is 0 Å². The molecule has 1 aromatic heterocycles. The van der Waals surface area contributed by atoms with Crippen LogP contribution in [0.4, 0.5) is 0 Å². The highest BCUT2D eigenvalue weighted by molar-refractivity contribution is 8.14. The maximum atomic E-state index is 11.4. The van der Waals surface area contributed by atoms with Gasteiger partial charge in [0.25, 0.3) is 15.0 Å². The number of hydrogen-bond donors (Lipinski definition) is 1. The van der Waals surface area contributed by atoms with Crippen LogP contribution in [-0.2, 0) is 13.8 Å². The number of hydrogen-bond acceptors (Lipinski definition) is 5. The van der Waals surface area contributed by atoms with E-state index in [1.54, 1.807) is 12.1 Å². The summed E-state index contributed by atoms with van der Waals surface area (Å²) in [6.45, 7) is -0.309. The van der Waals surface area contributed by atoms with Crippen molar-refractivity contribution in [3.8, 4) is 5.75 Å². The SMILES string of the molecule is NC(=O)COc1ccc(S(=O)(=O)Cl)c2ncccc12. The Bertz CT molecular complexity index is 745. The number of nitrogens with two attached hydrogens (primary N) is 1. The summed E-state index contributed by atoms with van der Waals surface area (Å²) in [5, 5.41) is 0.436. The smallest absolute Gasteiger partial charge is 0.263 e. The quantitative estimate of drug-likeness (QED) is 0.850. The van der Waals surface area contributed by atoms with E-state index in [1.165, 1.54) is 18.3 Å². The second-order valence-electron chi connectivity index (χ2n) is 3.65. The largest absolute Gasteiger partial charge is 0.483 e. The molecule has 100 valence electrons. The summed E-state index contributed by atoms with van der Waals surface area (Å²) in [6.07, 6.45) is 1.44. The van der Waals surface area contributed by atoms with Crippen molar-refractivity contribution in [3.05, 3.63) is 30.5 Å². The number of pyridine rings is 1. The van der Waals surface area contributed by atoms with Crippen LogP contribution in [0.15, 0.2) is 35.4 Å². The van der Waals surface area contributed by atoms with Gasteiger partial charge in [0.1, 0.15) is 10.6 Å². The second kappa shape index (κ2) is 5.02. The number of amides is 1. The predicted octanol–water partition coefficient (Wildman–Crippen LogP) is 1.03. The van der Waals surface area contributed by atoms with Crippen LogP contribution in [0.3, 0.4) is 0 Å². The standard InChI is InChI=1S/C11H9ClN2O4S/c12-19(16,17)9-4-3-8(18-6-10(13)15)7-2-1-5-14-11(7)9/h1-5H,6H2,(H2,13,15). The van der Waals surface area contributed by atoms with Gasteiger partial charge in [-0.2, -0.15) is 0 Å². The van der Waals surface area contributed by atoms with Crippen molar-refractivity contribution in [2.24, 2.45) is 5.73 Å². The van der Waals surface area contributed by atoms with Crippen molar-refractivity contribution >= 4 is 36.5 Å². The number of nitrogens with zero attached hydrogens (tertiary/aromatic N) is 1. The van der Waals surface area contributed by atoms with E-state index in [0.717, 1.165) is 0 Å².